The summed E-state index contributed by atoms with van der Waals surface area (Å²) in [6, 6.07) is 6.76. The van der Waals surface area contributed by atoms with Crippen LogP contribution >= 0.6 is 0 Å². The molecule has 1 aromatic heterocycles. The van der Waals surface area contributed by atoms with Gasteiger partial charge in [0, 0.05) is 0 Å². The van der Waals surface area contributed by atoms with Crippen molar-refractivity contribution >= 4 is 11.0 Å². The molecule has 26 heavy (non-hydrogen) atoms. The zero-order valence-corrected chi connectivity index (χ0v) is 15.4. The summed E-state index contributed by atoms with van der Waals surface area (Å²) in [6.45, 7) is 7.17. The average Bonchev–Trinajstić information content (AvgIpc) is 2.59. The molecule has 0 radical (unpaired) electrons. The standard InChI is InChI=1S/C20H24O6/c1-13(15(21)8-10-20(3,4)26-23)9-11-24-17-12-18(22)25-16-7-5-6-14(2)19(16)17/h5-10,12,15,21,23H,11H2,1-4H3. The molecule has 0 saturated heterocycles. The molecule has 140 valence electrons. The zero-order chi connectivity index (χ0) is 19.3. The van der Waals surface area contributed by atoms with Gasteiger partial charge in [-0.25, -0.2) is 9.68 Å². The largest absolute Gasteiger partial charge is 0.488 e. The van der Waals surface area contributed by atoms with Crippen molar-refractivity contribution in [3.63, 3.8) is 0 Å². The molecule has 0 bridgehead atoms. The van der Waals surface area contributed by atoms with Crippen molar-refractivity contribution in [2.75, 3.05) is 6.61 Å². The quantitative estimate of drug-likeness (QED) is 0.339. The van der Waals surface area contributed by atoms with Crippen molar-refractivity contribution in [1.29, 1.82) is 0 Å². The van der Waals surface area contributed by atoms with Gasteiger partial charge < -0.3 is 14.3 Å². The summed E-state index contributed by atoms with van der Waals surface area (Å²) >= 11 is 0. The highest BCUT2D eigenvalue weighted by atomic mass is 17.1. The van der Waals surface area contributed by atoms with Crippen molar-refractivity contribution in [3.8, 4) is 5.75 Å². The molecule has 2 aromatic rings. The molecule has 1 atom stereocenters. The van der Waals surface area contributed by atoms with Crippen LogP contribution in [0, 0.1) is 6.92 Å². The first-order valence-electron chi connectivity index (χ1n) is 8.26. The lowest BCUT2D eigenvalue weighted by Gasteiger charge is -2.16. The Morgan fingerprint density at radius 1 is 1.38 bits per heavy atom. The summed E-state index contributed by atoms with van der Waals surface area (Å²) in [7, 11) is 0. The van der Waals surface area contributed by atoms with Crippen LogP contribution < -0.4 is 10.4 Å². The van der Waals surface area contributed by atoms with E-state index in [-0.39, 0.29) is 6.61 Å². The van der Waals surface area contributed by atoms with Gasteiger partial charge in [-0.3, -0.25) is 5.26 Å². The summed E-state index contributed by atoms with van der Waals surface area (Å²) in [5.74, 6) is 0.443. The smallest absolute Gasteiger partial charge is 0.339 e. The van der Waals surface area contributed by atoms with E-state index in [2.05, 4.69) is 4.89 Å². The van der Waals surface area contributed by atoms with Gasteiger partial charge in [0.15, 0.2) is 0 Å². The highest BCUT2D eigenvalue weighted by Gasteiger charge is 2.14. The molecular weight excluding hydrogens is 336 g/mol. The Hall–Kier alpha value is -2.41. The minimum Gasteiger partial charge on any atom is -0.488 e. The molecule has 2 rings (SSSR count). The van der Waals surface area contributed by atoms with Crippen LogP contribution in [0.15, 0.2) is 57.3 Å². The summed E-state index contributed by atoms with van der Waals surface area (Å²) in [4.78, 5) is 16.0. The zero-order valence-electron chi connectivity index (χ0n) is 15.4. The van der Waals surface area contributed by atoms with E-state index in [0.717, 1.165) is 10.9 Å². The van der Waals surface area contributed by atoms with Gasteiger partial charge in [0.25, 0.3) is 0 Å². The lowest BCUT2D eigenvalue weighted by molar-refractivity contribution is -0.297. The molecular formula is C20H24O6. The Bertz CT molecular complexity index is 875. The highest BCUT2D eigenvalue weighted by Crippen LogP contribution is 2.27. The lowest BCUT2D eigenvalue weighted by atomic mass is 10.1. The van der Waals surface area contributed by atoms with Crippen LogP contribution in [-0.2, 0) is 4.89 Å². The molecule has 0 aliphatic carbocycles. The van der Waals surface area contributed by atoms with Crippen LogP contribution in [0.25, 0.3) is 11.0 Å². The van der Waals surface area contributed by atoms with Gasteiger partial charge in [-0.1, -0.05) is 24.3 Å². The third kappa shape index (κ3) is 5.05. The maximum absolute atomic E-state index is 11.7. The number of aliphatic hydroxyl groups is 1. The molecule has 0 aliphatic heterocycles. The number of ether oxygens (including phenoxy) is 1. The van der Waals surface area contributed by atoms with Crippen molar-refractivity contribution in [3.05, 3.63) is 64.1 Å². The van der Waals surface area contributed by atoms with E-state index in [9.17, 15) is 9.90 Å². The van der Waals surface area contributed by atoms with E-state index in [1.54, 1.807) is 39.0 Å². The van der Waals surface area contributed by atoms with Crippen LogP contribution in [0.4, 0.5) is 0 Å². The Balaban J connectivity index is 2.13. The Morgan fingerprint density at radius 2 is 2.12 bits per heavy atom. The second-order valence-electron chi connectivity index (χ2n) is 6.64. The van der Waals surface area contributed by atoms with E-state index in [0.29, 0.717) is 16.9 Å². The number of fused-ring (bicyclic) bond motifs is 1. The van der Waals surface area contributed by atoms with Crippen LogP contribution in [0.2, 0.25) is 0 Å². The fraction of sp³-hybridized carbons (Fsp3) is 0.350. The lowest BCUT2D eigenvalue weighted by Crippen LogP contribution is -2.20. The SMILES string of the molecule is CC(=CCOc1cc(=O)oc2cccc(C)c12)C(O)C=CC(C)(C)OO. The fourth-order valence-corrected chi connectivity index (χ4v) is 2.36. The first-order valence-corrected chi connectivity index (χ1v) is 8.26. The maximum Gasteiger partial charge on any atom is 0.339 e. The van der Waals surface area contributed by atoms with E-state index >= 15 is 0 Å². The maximum atomic E-state index is 11.7. The second-order valence-corrected chi connectivity index (χ2v) is 6.64. The summed E-state index contributed by atoms with van der Waals surface area (Å²) in [5, 5.41) is 19.6. The first kappa shape index (κ1) is 19.9. The number of rotatable bonds is 7. The van der Waals surface area contributed by atoms with Gasteiger partial charge in [-0.2, -0.15) is 0 Å². The van der Waals surface area contributed by atoms with E-state index in [1.165, 1.54) is 12.1 Å². The fourth-order valence-electron chi connectivity index (χ4n) is 2.36. The van der Waals surface area contributed by atoms with Gasteiger partial charge >= 0.3 is 5.63 Å². The predicted molar refractivity (Wildman–Crippen MR) is 99.4 cm³/mol. The molecule has 6 nitrogen and oxygen atoms in total. The predicted octanol–water partition coefficient (Wildman–Crippen LogP) is 3.61. The number of hydrogen-bond donors (Lipinski definition) is 2. The summed E-state index contributed by atoms with van der Waals surface area (Å²) in [5.41, 5.74) is 0.720. The molecule has 1 unspecified atom stereocenters. The number of benzene rings is 1. The van der Waals surface area contributed by atoms with Gasteiger partial charge in [-0.15, -0.1) is 0 Å². The van der Waals surface area contributed by atoms with Crippen molar-refractivity contribution in [2.45, 2.75) is 39.4 Å². The van der Waals surface area contributed by atoms with E-state index in [1.807, 2.05) is 19.1 Å². The highest BCUT2D eigenvalue weighted by molar-refractivity contribution is 5.86. The van der Waals surface area contributed by atoms with Crippen LogP contribution in [0.1, 0.15) is 26.3 Å². The molecule has 0 amide bonds. The average molecular weight is 360 g/mol. The molecule has 0 fully saturated rings. The molecule has 0 spiro atoms. The normalized spacial score (nSPS) is 14.2. The Labute approximate surface area is 151 Å². The van der Waals surface area contributed by atoms with Crippen molar-refractivity contribution < 1.29 is 24.4 Å². The topological polar surface area (TPSA) is 89.1 Å². The van der Waals surface area contributed by atoms with Crippen LogP contribution in [0.3, 0.4) is 0 Å². The van der Waals surface area contributed by atoms with Gasteiger partial charge in [-0.05, 0) is 51.0 Å². The molecule has 6 heteroatoms. The minimum absolute atomic E-state index is 0.184. The number of aliphatic hydroxyl groups excluding tert-OH is 1. The Kier molecular flexibility index (Phi) is 6.37. The number of aryl methyl sites for hydroxylation is 1. The van der Waals surface area contributed by atoms with Crippen molar-refractivity contribution in [2.24, 2.45) is 0 Å². The molecule has 1 heterocycles. The third-order valence-corrected chi connectivity index (χ3v) is 3.97. The minimum atomic E-state index is -0.883. The van der Waals surface area contributed by atoms with E-state index in [4.69, 9.17) is 14.4 Å². The van der Waals surface area contributed by atoms with E-state index < -0.39 is 17.3 Å². The molecule has 0 saturated carbocycles. The van der Waals surface area contributed by atoms with Gasteiger partial charge in [0.2, 0.25) is 0 Å². The van der Waals surface area contributed by atoms with Crippen LogP contribution in [-0.4, -0.2) is 28.7 Å². The third-order valence-electron chi connectivity index (χ3n) is 3.97. The second kappa shape index (κ2) is 8.31. The molecule has 2 N–H and O–H groups in total. The van der Waals surface area contributed by atoms with Gasteiger partial charge in [0.05, 0.1) is 17.6 Å². The van der Waals surface area contributed by atoms with Gasteiger partial charge in [0.1, 0.15) is 23.5 Å². The van der Waals surface area contributed by atoms with Crippen molar-refractivity contribution in [1.82, 2.24) is 0 Å². The number of hydrogen-bond acceptors (Lipinski definition) is 6. The first-order chi connectivity index (χ1) is 12.2. The summed E-state index contributed by atoms with van der Waals surface area (Å²) < 4.78 is 10.9. The monoisotopic (exact) mass is 360 g/mol. The Morgan fingerprint density at radius 3 is 2.81 bits per heavy atom. The molecule has 0 aliphatic rings. The molecule has 1 aromatic carbocycles. The summed E-state index contributed by atoms with van der Waals surface area (Å²) in [6.07, 6.45) is 3.97. The van der Waals surface area contributed by atoms with Crippen LogP contribution in [0.5, 0.6) is 5.75 Å².